The molecule has 0 heterocycles. The highest BCUT2D eigenvalue weighted by atomic mass is 16.5. The van der Waals surface area contributed by atoms with Gasteiger partial charge in [-0.05, 0) is 27.3 Å². The first-order valence-electron chi connectivity index (χ1n) is 5.96. The second-order valence-electron chi connectivity index (χ2n) is 5.21. The highest BCUT2D eigenvalue weighted by Gasteiger charge is 2.13. The van der Waals surface area contributed by atoms with Crippen LogP contribution in [0.3, 0.4) is 0 Å². The highest BCUT2D eigenvalue weighted by molar-refractivity contribution is 5.79. The van der Waals surface area contributed by atoms with Gasteiger partial charge in [-0.15, -0.1) is 0 Å². The Kier molecular flexibility index (Phi) is 6.60. The molecule has 4 heteroatoms. The molecule has 0 aliphatic heterocycles. The van der Waals surface area contributed by atoms with Crippen LogP contribution in [0.25, 0.3) is 0 Å². The minimum atomic E-state index is -0.0778. The number of nitrogens with two attached hydrogens (primary N) is 1. The Hall–Kier alpha value is -0.610. The van der Waals surface area contributed by atoms with Crippen LogP contribution in [0.15, 0.2) is 0 Å². The SMILES string of the molecule is CCN(CCOC(C)(C)C)CC(C)C(=N)N. The van der Waals surface area contributed by atoms with Gasteiger partial charge >= 0.3 is 0 Å². The summed E-state index contributed by atoms with van der Waals surface area (Å²) in [6.07, 6.45) is 0. The van der Waals surface area contributed by atoms with Crippen molar-refractivity contribution in [3.63, 3.8) is 0 Å². The van der Waals surface area contributed by atoms with E-state index in [1.807, 2.05) is 6.92 Å². The molecule has 96 valence electrons. The number of likely N-dealkylation sites (N-methyl/N-ethyl adjacent to an activating group) is 1. The number of rotatable bonds is 7. The van der Waals surface area contributed by atoms with E-state index < -0.39 is 0 Å². The first-order chi connectivity index (χ1) is 7.26. The van der Waals surface area contributed by atoms with Crippen LogP contribution in [0, 0.1) is 11.3 Å². The fraction of sp³-hybridized carbons (Fsp3) is 0.917. The summed E-state index contributed by atoms with van der Waals surface area (Å²) in [5.41, 5.74) is 5.38. The predicted molar refractivity (Wildman–Crippen MR) is 68.9 cm³/mol. The van der Waals surface area contributed by atoms with E-state index in [4.69, 9.17) is 15.9 Å². The van der Waals surface area contributed by atoms with E-state index in [0.29, 0.717) is 0 Å². The minimum Gasteiger partial charge on any atom is -0.387 e. The quantitative estimate of drug-likeness (QED) is 0.516. The normalized spacial score (nSPS) is 14.1. The van der Waals surface area contributed by atoms with Crippen LogP contribution in [0.2, 0.25) is 0 Å². The summed E-state index contributed by atoms with van der Waals surface area (Å²) in [6.45, 7) is 13.7. The standard InChI is InChI=1S/C12H27N3O/c1-6-15(9-10(2)11(13)14)7-8-16-12(3,4)5/h10H,6-9H2,1-5H3,(H3,13,14). The monoisotopic (exact) mass is 229 g/mol. The van der Waals surface area contributed by atoms with Crippen LogP contribution >= 0.6 is 0 Å². The van der Waals surface area contributed by atoms with Crippen molar-refractivity contribution in [1.29, 1.82) is 5.41 Å². The maximum absolute atomic E-state index is 7.36. The van der Waals surface area contributed by atoms with Crippen molar-refractivity contribution in [3.05, 3.63) is 0 Å². The maximum Gasteiger partial charge on any atom is 0.0947 e. The Bertz CT molecular complexity index is 211. The van der Waals surface area contributed by atoms with Crippen molar-refractivity contribution in [1.82, 2.24) is 4.90 Å². The molecule has 0 aromatic rings. The van der Waals surface area contributed by atoms with Gasteiger partial charge in [0.2, 0.25) is 0 Å². The topological polar surface area (TPSA) is 62.3 Å². The third-order valence-electron chi connectivity index (χ3n) is 2.45. The molecule has 0 radical (unpaired) electrons. The van der Waals surface area contributed by atoms with Crippen molar-refractivity contribution >= 4 is 5.84 Å². The van der Waals surface area contributed by atoms with Gasteiger partial charge in [0.25, 0.3) is 0 Å². The first kappa shape index (κ1) is 15.4. The molecule has 0 aromatic carbocycles. The van der Waals surface area contributed by atoms with Crippen molar-refractivity contribution < 1.29 is 4.74 Å². The molecule has 1 unspecified atom stereocenters. The molecule has 0 rings (SSSR count). The van der Waals surface area contributed by atoms with Gasteiger partial charge in [0.05, 0.1) is 18.0 Å². The first-order valence-corrected chi connectivity index (χ1v) is 5.96. The Morgan fingerprint density at radius 1 is 1.44 bits per heavy atom. The van der Waals surface area contributed by atoms with E-state index in [2.05, 4.69) is 32.6 Å². The summed E-state index contributed by atoms with van der Waals surface area (Å²) in [5, 5.41) is 7.36. The average molecular weight is 229 g/mol. The molecule has 0 aliphatic carbocycles. The summed E-state index contributed by atoms with van der Waals surface area (Å²) in [6, 6.07) is 0. The summed E-state index contributed by atoms with van der Waals surface area (Å²) >= 11 is 0. The van der Waals surface area contributed by atoms with Gasteiger partial charge in [0.1, 0.15) is 0 Å². The molecule has 3 N–H and O–H groups in total. The lowest BCUT2D eigenvalue weighted by molar-refractivity contribution is -0.0131. The summed E-state index contributed by atoms with van der Waals surface area (Å²) < 4.78 is 5.68. The molecule has 1 atom stereocenters. The smallest absolute Gasteiger partial charge is 0.0947 e. The van der Waals surface area contributed by atoms with E-state index >= 15 is 0 Å². The molecule has 4 nitrogen and oxygen atoms in total. The molecule has 0 aliphatic rings. The van der Waals surface area contributed by atoms with Gasteiger partial charge in [-0.25, -0.2) is 0 Å². The zero-order chi connectivity index (χ0) is 12.8. The largest absolute Gasteiger partial charge is 0.387 e. The molecular formula is C12H27N3O. The number of nitrogens with one attached hydrogen (secondary N) is 1. The summed E-state index contributed by atoms with van der Waals surface area (Å²) in [5.74, 6) is 0.379. The maximum atomic E-state index is 7.36. The van der Waals surface area contributed by atoms with E-state index in [1.165, 1.54) is 0 Å². The molecule has 0 aromatic heterocycles. The predicted octanol–water partition coefficient (Wildman–Crippen LogP) is 1.70. The van der Waals surface area contributed by atoms with Crippen molar-refractivity contribution in [2.45, 2.75) is 40.2 Å². The van der Waals surface area contributed by atoms with Crippen LogP contribution in [0.4, 0.5) is 0 Å². The number of ether oxygens (including phenoxy) is 1. The molecule has 0 spiro atoms. The van der Waals surface area contributed by atoms with Gasteiger partial charge in [0, 0.05) is 19.0 Å². The van der Waals surface area contributed by atoms with Crippen molar-refractivity contribution in [2.75, 3.05) is 26.2 Å². The zero-order valence-corrected chi connectivity index (χ0v) is 11.3. The molecule has 0 amide bonds. The average Bonchev–Trinajstić information content (AvgIpc) is 2.13. The second-order valence-corrected chi connectivity index (χ2v) is 5.21. The van der Waals surface area contributed by atoms with Gasteiger partial charge in [-0.2, -0.15) is 0 Å². The van der Waals surface area contributed by atoms with Crippen LogP contribution in [0.1, 0.15) is 34.6 Å². The van der Waals surface area contributed by atoms with Gasteiger partial charge in [0.15, 0.2) is 0 Å². The fourth-order valence-corrected chi connectivity index (χ4v) is 1.35. The lowest BCUT2D eigenvalue weighted by Crippen LogP contribution is -2.37. The summed E-state index contributed by atoms with van der Waals surface area (Å²) in [7, 11) is 0. The highest BCUT2D eigenvalue weighted by Crippen LogP contribution is 2.07. The van der Waals surface area contributed by atoms with Crippen LogP contribution in [-0.2, 0) is 4.74 Å². The number of hydrogen-bond donors (Lipinski definition) is 2. The third kappa shape index (κ3) is 7.65. The van der Waals surface area contributed by atoms with Crippen molar-refractivity contribution in [2.24, 2.45) is 11.7 Å². The Morgan fingerprint density at radius 2 is 2.00 bits per heavy atom. The molecule has 0 saturated heterocycles. The van der Waals surface area contributed by atoms with Gasteiger partial charge in [-0.1, -0.05) is 13.8 Å². The van der Waals surface area contributed by atoms with E-state index in [-0.39, 0.29) is 17.4 Å². The minimum absolute atomic E-state index is 0.0778. The Morgan fingerprint density at radius 3 is 2.38 bits per heavy atom. The van der Waals surface area contributed by atoms with Crippen LogP contribution in [0.5, 0.6) is 0 Å². The van der Waals surface area contributed by atoms with Gasteiger partial charge in [-0.3, -0.25) is 5.41 Å². The zero-order valence-electron chi connectivity index (χ0n) is 11.3. The van der Waals surface area contributed by atoms with Gasteiger partial charge < -0.3 is 15.4 Å². The summed E-state index contributed by atoms with van der Waals surface area (Å²) in [4.78, 5) is 2.26. The fourth-order valence-electron chi connectivity index (χ4n) is 1.35. The number of nitrogens with zero attached hydrogens (tertiary/aromatic N) is 1. The number of hydrogen-bond acceptors (Lipinski definition) is 3. The number of amidine groups is 1. The Labute approximate surface area is 99.7 Å². The molecule has 0 bridgehead atoms. The van der Waals surface area contributed by atoms with Crippen LogP contribution < -0.4 is 5.73 Å². The lowest BCUT2D eigenvalue weighted by atomic mass is 10.1. The van der Waals surface area contributed by atoms with E-state index in [9.17, 15) is 0 Å². The molecule has 16 heavy (non-hydrogen) atoms. The van der Waals surface area contributed by atoms with Crippen LogP contribution in [-0.4, -0.2) is 42.6 Å². The third-order valence-corrected chi connectivity index (χ3v) is 2.45. The lowest BCUT2D eigenvalue weighted by Gasteiger charge is -2.26. The van der Waals surface area contributed by atoms with E-state index in [1.54, 1.807) is 0 Å². The molecule has 0 saturated carbocycles. The Balaban J connectivity index is 3.88. The van der Waals surface area contributed by atoms with Crippen molar-refractivity contribution in [3.8, 4) is 0 Å². The molecular weight excluding hydrogens is 202 g/mol. The second kappa shape index (κ2) is 6.86. The van der Waals surface area contributed by atoms with E-state index in [0.717, 1.165) is 26.2 Å². The molecule has 0 fully saturated rings.